The van der Waals surface area contributed by atoms with Crippen molar-refractivity contribution in [3.8, 4) is 11.1 Å². The van der Waals surface area contributed by atoms with Crippen molar-refractivity contribution in [1.82, 2.24) is 0 Å². The molecule has 0 spiro atoms. The van der Waals surface area contributed by atoms with Gasteiger partial charge in [0.05, 0.1) is 0 Å². The van der Waals surface area contributed by atoms with Gasteiger partial charge in [0.2, 0.25) is 0 Å². The molecule has 2 rings (SSSR count). The molecular formula is C13H11BrFN. The number of hydrogen-bond acceptors (Lipinski definition) is 1. The van der Waals surface area contributed by atoms with Crippen molar-refractivity contribution in [3.63, 3.8) is 0 Å². The molecule has 0 aliphatic heterocycles. The molecule has 2 N–H and O–H groups in total. The first kappa shape index (κ1) is 11.3. The molecular weight excluding hydrogens is 269 g/mol. The van der Waals surface area contributed by atoms with E-state index in [0.29, 0.717) is 6.54 Å². The summed E-state index contributed by atoms with van der Waals surface area (Å²) in [4.78, 5) is 0. The Kier molecular flexibility index (Phi) is 3.36. The first-order chi connectivity index (χ1) is 7.70. The van der Waals surface area contributed by atoms with Gasteiger partial charge in [-0.25, -0.2) is 4.39 Å². The van der Waals surface area contributed by atoms with Gasteiger partial charge in [-0.05, 0) is 41.0 Å². The van der Waals surface area contributed by atoms with E-state index in [-0.39, 0.29) is 5.82 Å². The molecule has 0 radical (unpaired) electrons. The summed E-state index contributed by atoms with van der Waals surface area (Å²) in [6.45, 7) is 0.482. The third-order valence-corrected chi connectivity index (χ3v) is 3.22. The fraction of sp³-hybridized carbons (Fsp3) is 0.0769. The fourth-order valence-corrected chi connectivity index (χ4v) is 1.96. The zero-order valence-electron chi connectivity index (χ0n) is 8.58. The van der Waals surface area contributed by atoms with Gasteiger partial charge < -0.3 is 5.73 Å². The maximum absolute atomic E-state index is 12.8. The van der Waals surface area contributed by atoms with Gasteiger partial charge in [-0.15, -0.1) is 0 Å². The van der Waals surface area contributed by atoms with E-state index >= 15 is 0 Å². The molecule has 0 fully saturated rings. The van der Waals surface area contributed by atoms with E-state index in [1.54, 1.807) is 12.1 Å². The summed E-state index contributed by atoms with van der Waals surface area (Å²) in [5.41, 5.74) is 8.71. The van der Waals surface area contributed by atoms with E-state index in [1.165, 1.54) is 12.1 Å². The summed E-state index contributed by atoms with van der Waals surface area (Å²) in [6.07, 6.45) is 0. The first-order valence-electron chi connectivity index (χ1n) is 4.95. The summed E-state index contributed by atoms with van der Waals surface area (Å²) in [7, 11) is 0. The molecule has 0 saturated heterocycles. The molecule has 0 amide bonds. The van der Waals surface area contributed by atoms with Crippen LogP contribution in [0, 0.1) is 5.82 Å². The lowest BCUT2D eigenvalue weighted by atomic mass is 10.0. The molecule has 0 aliphatic carbocycles. The molecule has 16 heavy (non-hydrogen) atoms. The second-order valence-corrected chi connectivity index (χ2v) is 4.37. The predicted octanol–water partition coefficient (Wildman–Crippen LogP) is 3.71. The van der Waals surface area contributed by atoms with Gasteiger partial charge in [0, 0.05) is 11.0 Å². The highest BCUT2D eigenvalue weighted by atomic mass is 79.9. The van der Waals surface area contributed by atoms with Crippen molar-refractivity contribution in [2.24, 2.45) is 5.73 Å². The van der Waals surface area contributed by atoms with E-state index in [4.69, 9.17) is 5.73 Å². The monoisotopic (exact) mass is 279 g/mol. The van der Waals surface area contributed by atoms with E-state index in [2.05, 4.69) is 15.9 Å². The number of hydrogen-bond donors (Lipinski definition) is 1. The van der Waals surface area contributed by atoms with Crippen LogP contribution < -0.4 is 5.73 Å². The summed E-state index contributed by atoms with van der Waals surface area (Å²) in [5, 5.41) is 0. The van der Waals surface area contributed by atoms with Crippen molar-refractivity contribution in [1.29, 1.82) is 0 Å². The third kappa shape index (κ3) is 2.31. The summed E-state index contributed by atoms with van der Waals surface area (Å²) in [5.74, 6) is -0.222. The smallest absolute Gasteiger partial charge is 0.123 e. The molecule has 0 atom stereocenters. The van der Waals surface area contributed by atoms with Crippen molar-refractivity contribution in [2.75, 3.05) is 0 Å². The Morgan fingerprint density at radius 3 is 2.25 bits per heavy atom. The van der Waals surface area contributed by atoms with Crippen molar-refractivity contribution in [2.45, 2.75) is 6.54 Å². The number of benzene rings is 2. The van der Waals surface area contributed by atoms with Gasteiger partial charge in [0.15, 0.2) is 0 Å². The summed E-state index contributed by atoms with van der Waals surface area (Å²) < 4.78 is 13.8. The van der Waals surface area contributed by atoms with Gasteiger partial charge in [-0.2, -0.15) is 0 Å². The highest BCUT2D eigenvalue weighted by Gasteiger charge is 2.02. The Morgan fingerprint density at radius 2 is 1.62 bits per heavy atom. The molecule has 2 aromatic carbocycles. The van der Waals surface area contributed by atoms with Crippen molar-refractivity contribution in [3.05, 3.63) is 58.3 Å². The van der Waals surface area contributed by atoms with Gasteiger partial charge in [0.1, 0.15) is 5.82 Å². The largest absolute Gasteiger partial charge is 0.326 e. The Hall–Kier alpha value is -1.19. The molecule has 1 nitrogen and oxygen atoms in total. The molecule has 82 valence electrons. The molecule has 0 unspecified atom stereocenters. The van der Waals surface area contributed by atoms with Gasteiger partial charge in [-0.1, -0.05) is 34.1 Å². The molecule has 0 saturated carbocycles. The second-order valence-electron chi connectivity index (χ2n) is 3.52. The normalized spacial score (nSPS) is 10.4. The van der Waals surface area contributed by atoms with E-state index in [0.717, 1.165) is 21.2 Å². The minimum atomic E-state index is -0.222. The summed E-state index contributed by atoms with van der Waals surface area (Å²) in [6, 6.07) is 12.4. The Bertz CT molecular complexity index is 494. The van der Waals surface area contributed by atoms with Crippen LogP contribution in [0.1, 0.15) is 5.56 Å². The van der Waals surface area contributed by atoms with Crippen LogP contribution in [-0.4, -0.2) is 0 Å². The van der Waals surface area contributed by atoms with E-state index in [9.17, 15) is 4.39 Å². The van der Waals surface area contributed by atoms with Crippen LogP contribution in [0.5, 0.6) is 0 Å². The van der Waals surface area contributed by atoms with E-state index in [1.807, 2.05) is 18.2 Å². The second kappa shape index (κ2) is 4.76. The van der Waals surface area contributed by atoms with E-state index < -0.39 is 0 Å². The number of nitrogens with two attached hydrogens (primary N) is 1. The summed E-state index contributed by atoms with van der Waals surface area (Å²) >= 11 is 3.43. The standard InChI is InChI=1S/C13H11BrFN/c14-13-6-3-10(7-11(13)8-16)9-1-4-12(15)5-2-9/h1-7H,8,16H2. The van der Waals surface area contributed by atoms with Crippen molar-refractivity contribution < 1.29 is 4.39 Å². The zero-order valence-corrected chi connectivity index (χ0v) is 10.2. The van der Waals surface area contributed by atoms with Crippen LogP contribution in [-0.2, 0) is 6.54 Å². The Labute approximate surface area is 102 Å². The molecule has 0 bridgehead atoms. The number of rotatable bonds is 2. The number of halogens is 2. The minimum absolute atomic E-state index is 0.222. The maximum Gasteiger partial charge on any atom is 0.123 e. The lowest BCUT2D eigenvalue weighted by Gasteiger charge is -2.06. The average Bonchev–Trinajstić information content (AvgIpc) is 2.31. The lowest BCUT2D eigenvalue weighted by Crippen LogP contribution is -1.97. The SMILES string of the molecule is NCc1cc(-c2ccc(F)cc2)ccc1Br. The minimum Gasteiger partial charge on any atom is -0.326 e. The molecule has 0 heterocycles. The molecule has 0 aromatic heterocycles. The van der Waals surface area contributed by atoms with Crippen LogP contribution in [0.15, 0.2) is 46.9 Å². The maximum atomic E-state index is 12.8. The molecule has 2 aromatic rings. The average molecular weight is 280 g/mol. The van der Waals surface area contributed by atoms with Crippen LogP contribution >= 0.6 is 15.9 Å². The van der Waals surface area contributed by atoms with Crippen LogP contribution in [0.25, 0.3) is 11.1 Å². The quantitative estimate of drug-likeness (QED) is 0.891. The van der Waals surface area contributed by atoms with Gasteiger partial charge in [-0.3, -0.25) is 0 Å². The first-order valence-corrected chi connectivity index (χ1v) is 5.74. The zero-order chi connectivity index (χ0) is 11.5. The molecule has 0 aliphatic rings. The topological polar surface area (TPSA) is 26.0 Å². The van der Waals surface area contributed by atoms with Crippen molar-refractivity contribution >= 4 is 15.9 Å². The Balaban J connectivity index is 2.44. The Morgan fingerprint density at radius 1 is 1.00 bits per heavy atom. The van der Waals surface area contributed by atoms with Crippen LogP contribution in [0.2, 0.25) is 0 Å². The van der Waals surface area contributed by atoms with Gasteiger partial charge in [0.25, 0.3) is 0 Å². The van der Waals surface area contributed by atoms with Crippen LogP contribution in [0.4, 0.5) is 4.39 Å². The highest BCUT2D eigenvalue weighted by Crippen LogP contribution is 2.25. The fourth-order valence-electron chi connectivity index (χ4n) is 1.55. The van der Waals surface area contributed by atoms with Gasteiger partial charge >= 0.3 is 0 Å². The van der Waals surface area contributed by atoms with Crippen LogP contribution in [0.3, 0.4) is 0 Å². The third-order valence-electron chi connectivity index (χ3n) is 2.44. The molecule has 3 heteroatoms. The predicted molar refractivity (Wildman–Crippen MR) is 67.4 cm³/mol. The lowest BCUT2D eigenvalue weighted by molar-refractivity contribution is 0.628. The highest BCUT2D eigenvalue weighted by molar-refractivity contribution is 9.10.